The first kappa shape index (κ1) is 39.9. The largest absolute Gasteiger partial charge is 0.462 e. The van der Waals surface area contributed by atoms with Crippen molar-refractivity contribution in [3.05, 3.63) is 40.5 Å². The number of anilines is 2. The highest BCUT2D eigenvalue weighted by atomic mass is 32.1. The van der Waals surface area contributed by atoms with Crippen LogP contribution in [0.1, 0.15) is 71.1 Å². The first-order chi connectivity index (χ1) is 27.6. The van der Waals surface area contributed by atoms with E-state index in [0.717, 1.165) is 37.3 Å². The Bertz CT molecular complexity index is 2320. The Balaban J connectivity index is 1.27. The van der Waals surface area contributed by atoms with E-state index in [0.29, 0.717) is 59.9 Å². The lowest BCUT2D eigenvalue weighted by Gasteiger charge is -2.42. The highest BCUT2D eigenvalue weighted by Gasteiger charge is 2.45. The Kier molecular flexibility index (Phi) is 10.6. The number of benzene rings is 2. The van der Waals surface area contributed by atoms with E-state index in [1.54, 1.807) is 25.7 Å². The predicted octanol–water partition coefficient (Wildman–Crippen LogP) is 7.34. The number of hydrogen-bond donors (Lipinski definition) is 1. The number of amides is 2. The molecule has 0 radical (unpaired) electrons. The third kappa shape index (κ3) is 7.70. The van der Waals surface area contributed by atoms with Crippen molar-refractivity contribution in [2.45, 2.75) is 90.9 Å². The molecule has 0 saturated carbocycles. The zero-order chi connectivity index (χ0) is 41.1. The number of piperazine rings is 1. The monoisotopic (exact) mass is 819 g/mol. The molecule has 8 rings (SSSR count). The molecule has 2 unspecified atom stereocenters. The fraction of sp³-hybridized carbons (Fsp3) is 0.537. The van der Waals surface area contributed by atoms with Gasteiger partial charge in [0.2, 0.25) is 0 Å². The van der Waals surface area contributed by atoms with Gasteiger partial charge in [-0.2, -0.15) is 15.2 Å². The van der Waals surface area contributed by atoms with E-state index in [-0.39, 0.29) is 76.6 Å². The third-order valence-electron chi connectivity index (χ3n) is 10.7. The number of rotatable bonds is 7. The van der Waals surface area contributed by atoms with Crippen molar-refractivity contribution in [3.8, 4) is 23.2 Å². The van der Waals surface area contributed by atoms with Crippen molar-refractivity contribution in [1.82, 2.24) is 19.8 Å². The van der Waals surface area contributed by atoms with Crippen LogP contribution in [0, 0.1) is 23.0 Å². The molecular weight excluding hydrogens is 773 g/mol. The van der Waals surface area contributed by atoms with Crippen molar-refractivity contribution in [2.24, 2.45) is 0 Å². The summed E-state index contributed by atoms with van der Waals surface area (Å²) in [5.74, 6) is -1.11. The molecule has 4 aliphatic heterocycles. The standard InChI is InChI=1S/C41H47F2N7O7S/c1-40(2,3)56-38(51)47-36-24(17-44)29-28(58-36)10-9-27(42)32(29)30-25-20-54-21-26(25)31-34(33(30)43)45-37(55-16-13-48-11-14-53-15-12-48)46-35(31)50-22-7-8-23(50)19-49(18-22)39(52)57-41(4,5)6/h9-10,22-23H,7-8,11-16,18-21H2,1-6H3,(H,47,51). The van der Waals surface area contributed by atoms with Gasteiger partial charge in [0.25, 0.3) is 0 Å². The highest BCUT2D eigenvalue weighted by molar-refractivity contribution is 7.23. The van der Waals surface area contributed by atoms with Gasteiger partial charge in [0, 0.05) is 66.0 Å². The number of carbonyl (C=O) groups is 2. The average molecular weight is 820 g/mol. The summed E-state index contributed by atoms with van der Waals surface area (Å²) in [4.78, 5) is 41.8. The lowest BCUT2D eigenvalue weighted by atomic mass is 9.90. The number of nitrogens with zero attached hydrogens (tertiary/aromatic N) is 6. The Morgan fingerprint density at radius 3 is 2.31 bits per heavy atom. The number of ether oxygens (including phenoxy) is 5. The van der Waals surface area contributed by atoms with Crippen LogP contribution in [-0.4, -0.2) is 108 Å². The van der Waals surface area contributed by atoms with Gasteiger partial charge in [-0.25, -0.2) is 18.4 Å². The van der Waals surface area contributed by atoms with Crippen LogP contribution in [0.5, 0.6) is 6.01 Å². The van der Waals surface area contributed by atoms with Crippen molar-refractivity contribution in [2.75, 3.05) is 62.8 Å². The summed E-state index contributed by atoms with van der Waals surface area (Å²) >= 11 is 1.06. The molecule has 0 spiro atoms. The number of likely N-dealkylation sites (tertiary alicyclic amines) is 1. The minimum atomic E-state index is -0.816. The summed E-state index contributed by atoms with van der Waals surface area (Å²) in [5.41, 5.74) is -0.759. The van der Waals surface area contributed by atoms with E-state index >= 15 is 8.78 Å². The number of carbonyl (C=O) groups excluding carboxylic acids is 2. The zero-order valence-corrected chi connectivity index (χ0v) is 34.3. The minimum absolute atomic E-state index is 0.0255. The molecule has 308 valence electrons. The molecule has 2 amide bonds. The Morgan fingerprint density at radius 2 is 1.64 bits per heavy atom. The van der Waals surface area contributed by atoms with E-state index < -0.39 is 28.9 Å². The summed E-state index contributed by atoms with van der Waals surface area (Å²) < 4.78 is 63.5. The van der Waals surface area contributed by atoms with Crippen LogP contribution in [-0.2, 0) is 32.2 Å². The van der Waals surface area contributed by atoms with Crippen molar-refractivity contribution in [1.29, 1.82) is 5.26 Å². The van der Waals surface area contributed by atoms with Crippen LogP contribution in [0.2, 0.25) is 0 Å². The molecule has 3 saturated heterocycles. The van der Waals surface area contributed by atoms with Gasteiger partial charge in [0.1, 0.15) is 46.0 Å². The van der Waals surface area contributed by atoms with Gasteiger partial charge in [-0.05, 0) is 77.6 Å². The smallest absolute Gasteiger partial charge is 0.412 e. The van der Waals surface area contributed by atoms with Crippen molar-refractivity contribution in [3.63, 3.8) is 0 Å². The normalized spacial score (nSPS) is 19.7. The summed E-state index contributed by atoms with van der Waals surface area (Å²) in [6.07, 6.45) is 0.364. The minimum Gasteiger partial charge on any atom is -0.462 e. The van der Waals surface area contributed by atoms with Gasteiger partial charge in [-0.1, -0.05) is 0 Å². The second kappa shape index (κ2) is 15.4. The van der Waals surface area contributed by atoms with E-state index in [9.17, 15) is 14.9 Å². The first-order valence-corrected chi connectivity index (χ1v) is 20.4. The van der Waals surface area contributed by atoms with Crippen LogP contribution in [0.3, 0.4) is 0 Å². The molecule has 6 heterocycles. The Morgan fingerprint density at radius 1 is 0.948 bits per heavy atom. The van der Waals surface area contributed by atoms with Crippen molar-refractivity contribution < 1.29 is 42.1 Å². The number of morpholine rings is 1. The summed E-state index contributed by atoms with van der Waals surface area (Å²) in [6, 6.07) is 4.50. The molecular formula is C41H47F2N7O7S. The molecule has 3 fully saturated rings. The quantitative estimate of drug-likeness (QED) is 0.199. The number of fused-ring (bicyclic) bond motifs is 6. The van der Waals surface area contributed by atoms with E-state index in [4.69, 9.17) is 28.7 Å². The molecule has 17 heteroatoms. The molecule has 1 N–H and O–H groups in total. The maximum atomic E-state index is 17.8. The van der Waals surface area contributed by atoms with Gasteiger partial charge in [-0.3, -0.25) is 10.2 Å². The fourth-order valence-corrected chi connectivity index (χ4v) is 9.37. The molecule has 2 atom stereocenters. The van der Waals surface area contributed by atoms with E-state index in [1.807, 2.05) is 20.8 Å². The molecule has 0 aliphatic carbocycles. The number of thiophene rings is 1. The number of hydrogen-bond acceptors (Lipinski definition) is 13. The fourth-order valence-electron chi connectivity index (χ4n) is 8.32. The first-order valence-electron chi connectivity index (χ1n) is 19.6. The van der Waals surface area contributed by atoms with Gasteiger partial charge >= 0.3 is 18.2 Å². The number of aromatic nitrogens is 2. The molecule has 2 aromatic carbocycles. The summed E-state index contributed by atoms with van der Waals surface area (Å²) in [7, 11) is 0. The molecule has 4 aromatic rings. The zero-order valence-electron chi connectivity index (χ0n) is 33.5. The highest BCUT2D eigenvalue weighted by Crippen LogP contribution is 2.49. The summed E-state index contributed by atoms with van der Waals surface area (Å²) in [5, 5.41) is 13.8. The van der Waals surface area contributed by atoms with Gasteiger partial charge in [0.15, 0.2) is 5.82 Å². The second-order valence-electron chi connectivity index (χ2n) is 17.0. The predicted molar refractivity (Wildman–Crippen MR) is 213 cm³/mol. The molecule has 58 heavy (non-hydrogen) atoms. The van der Waals surface area contributed by atoms with Gasteiger partial charge in [0.05, 0.1) is 37.4 Å². The van der Waals surface area contributed by atoms with Crippen LogP contribution in [0.4, 0.5) is 29.2 Å². The second-order valence-corrected chi connectivity index (χ2v) is 18.1. The topological polar surface area (TPSA) is 152 Å². The number of nitriles is 1. The average Bonchev–Trinajstić information content (AvgIpc) is 3.84. The number of halogens is 2. The van der Waals surface area contributed by atoms with Crippen LogP contribution in [0.15, 0.2) is 12.1 Å². The Labute approximate surface area is 338 Å². The Hall–Kier alpha value is -4.89. The van der Waals surface area contributed by atoms with E-state index in [1.165, 1.54) is 12.1 Å². The molecule has 4 aliphatic rings. The van der Waals surface area contributed by atoms with Crippen LogP contribution < -0.4 is 15.0 Å². The van der Waals surface area contributed by atoms with E-state index in [2.05, 4.69) is 26.2 Å². The maximum Gasteiger partial charge on any atom is 0.412 e. The van der Waals surface area contributed by atoms with Crippen LogP contribution >= 0.6 is 11.3 Å². The molecule has 14 nitrogen and oxygen atoms in total. The lowest BCUT2D eigenvalue weighted by molar-refractivity contribution is 0.0208. The SMILES string of the molecule is CC(C)(C)OC(=O)Nc1sc2ccc(F)c(-c3c4c(c5c(N6C7CCC6CN(C(=O)OC(C)(C)C)C7)nc(OCCN6CCOCC6)nc5c3F)COC4)c2c1C#N. The van der Waals surface area contributed by atoms with Gasteiger partial charge in [-0.15, -0.1) is 11.3 Å². The summed E-state index contributed by atoms with van der Waals surface area (Å²) in [6.45, 7) is 15.0. The number of nitrogens with one attached hydrogen (secondary N) is 1. The third-order valence-corrected chi connectivity index (χ3v) is 11.7. The maximum absolute atomic E-state index is 17.8. The lowest BCUT2D eigenvalue weighted by Crippen LogP contribution is -2.56. The van der Waals surface area contributed by atoms with Crippen molar-refractivity contribution >= 4 is 55.3 Å². The molecule has 2 bridgehead atoms. The van der Waals surface area contributed by atoms with Gasteiger partial charge < -0.3 is 33.5 Å². The molecule has 2 aromatic heterocycles. The van der Waals surface area contributed by atoms with Crippen LogP contribution in [0.25, 0.3) is 32.1 Å².